The molecule has 0 radical (unpaired) electrons. The van der Waals surface area contributed by atoms with Crippen molar-refractivity contribution >= 4 is 45.9 Å². The Balaban J connectivity index is 1.35. The third-order valence-electron chi connectivity index (χ3n) is 8.37. The van der Waals surface area contributed by atoms with Crippen LogP contribution in [0.5, 0.6) is 0 Å². The number of carbonyl (C=O) groups excluding carboxylic acids is 2. The van der Waals surface area contributed by atoms with E-state index < -0.39 is 5.92 Å². The topological polar surface area (TPSA) is 77.7 Å². The monoisotopic (exact) mass is 604 g/mol. The number of aromatic nitrogens is 1. The van der Waals surface area contributed by atoms with E-state index >= 15 is 0 Å². The number of morpholine rings is 1. The Labute approximate surface area is 255 Å². The second-order valence-electron chi connectivity index (χ2n) is 11.0. The van der Waals surface area contributed by atoms with Crippen LogP contribution in [0.1, 0.15) is 35.1 Å². The lowest BCUT2D eigenvalue weighted by molar-refractivity contribution is -0.138. The van der Waals surface area contributed by atoms with Gasteiger partial charge in [0.05, 0.1) is 19.3 Å². The molecule has 2 fully saturated rings. The van der Waals surface area contributed by atoms with Crippen LogP contribution >= 0.6 is 23.2 Å². The highest BCUT2D eigenvalue weighted by Crippen LogP contribution is 2.50. The predicted molar refractivity (Wildman–Crippen MR) is 166 cm³/mol. The summed E-state index contributed by atoms with van der Waals surface area (Å²) in [5.41, 5.74) is 3.74. The van der Waals surface area contributed by atoms with E-state index in [1.165, 1.54) is 0 Å². The van der Waals surface area contributed by atoms with Crippen LogP contribution < -0.4 is 5.32 Å². The Morgan fingerprint density at radius 3 is 2.48 bits per heavy atom. The zero-order valence-corrected chi connectivity index (χ0v) is 24.8. The first kappa shape index (κ1) is 28.7. The molecule has 2 saturated heterocycles. The molecule has 0 bridgehead atoms. The van der Waals surface area contributed by atoms with Crippen molar-refractivity contribution in [2.24, 2.45) is 5.92 Å². The van der Waals surface area contributed by atoms with Crippen LogP contribution in [0.4, 0.5) is 0 Å². The first-order valence-corrected chi connectivity index (χ1v) is 15.2. The summed E-state index contributed by atoms with van der Waals surface area (Å²) >= 11 is 12.5. The molecule has 4 aromatic rings. The molecule has 2 amide bonds. The smallest absolute Gasteiger partial charge is 0.236 e. The molecular formula is C33H34Cl2N4O3. The van der Waals surface area contributed by atoms with E-state index in [0.29, 0.717) is 23.1 Å². The molecule has 6 rings (SSSR count). The maximum Gasteiger partial charge on any atom is 0.236 e. The molecule has 0 saturated carbocycles. The van der Waals surface area contributed by atoms with Crippen molar-refractivity contribution in [2.75, 3.05) is 39.4 Å². The molecule has 2 aliphatic rings. The highest BCUT2D eigenvalue weighted by Gasteiger charge is 2.53. The fourth-order valence-corrected chi connectivity index (χ4v) is 6.61. The number of rotatable bonds is 9. The van der Waals surface area contributed by atoms with Gasteiger partial charge >= 0.3 is 0 Å². The minimum absolute atomic E-state index is 0.183. The van der Waals surface area contributed by atoms with Gasteiger partial charge in [-0.3, -0.25) is 14.5 Å². The second-order valence-corrected chi connectivity index (χ2v) is 11.9. The molecule has 7 nitrogen and oxygen atoms in total. The Morgan fingerprint density at radius 1 is 0.976 bits per heavy atom. The fraction of sp³-hybridized carbons (Fsp3) is 0.333. The number of ether oxygens (including phenoxy) is 1. The van der Waals surface area contributed by atoms with Gasteiger partial charge in [0.2, 0.25) is 11.8 Å². The third kappa shape index (κ3) is 6.06. The van der Waals surface area contributed by atoms with Crippen molar-refractivity contribution < 1.29 is 14.3 Å². The van der Waals surface area contributed by atoms with Gasteiger partial charge in [0.15, 0.2) is 0 Å². The summed E-state index contributed by atoms with van der Waals surface area (Å²) in [5, 5.41) is 5.35. The lowest BCUT2D eigenvalue weighted by Crippen LogP contribution is -2.40. The Morgan fingerprint density at radius 2 is 1.71 bits per heavy atom. The standard InChI is InChI=1S/C33H34Cl2N4O3/c34-24-9-7-22(8-10-24)21-39-31(27-20-37-28-19-25(35)11-12-26(27)28)29(23-5-2-1-3-6-23)30(33(39)41)32(40)36-13-4-14-38-15-17-42-18-16-38/h1-3,5-12,19-20,29-31,37H,4,13-18,21H2,(H,36,40)/t29?,30-,31-/m0/s1. The van der Waals surface area contributed by atoms with Gasteiger partial charge in [-0.1, -0.05) is 71.7 Å². The molecule has 3 atom stereocenters. The maximum absolute atomic E-state index is 14.4. The van der Waals surface area contributed by atoms with Crippen molar-refractivity contribution in [3.63, 3.8) is 0 Å². The molecule has 9 heteroatoms. The van der Waals surface area contributed by atoms with Crippen molar-refractivity contribution in [3.05, 3.63) is 106 Å². The third-order valence-corrected chi connectivity index (χ3v) is 8.85. The van der Waals surface area contributed by atoms with Crippen LogP contribution in [-0.4, -0.2) is 66.0 Å². The molecule has 3 heterocycles. The first-order valence-electron chi connectivity index (χ1n) is 14.4. The van der Waals surface area contributed by atoms with Gasteiger partial charge in [-0.25, -0.2) is 0 Å². The molecule has 0 spiro atoms. The molecule has 2 aliphatic heterocycles. The summed E-state index contributed by atoms with van der Waals surface area (Å²) in [7, 11) is 0. The molecule has 42 heavy (non-hydrogen) atoms. The largest absolute Gasteiger partial charge is 0.379 e. The van der Waals surface area contributed by atoms with Crippen molar-refractivity contribution in [1.29, 1.82) is 0 Å². The fourth-order valence-electron chi connectivity index (χ4n) is 6.31. The number of hydrogen-bond donors (Lipinski definition) is 2. The molecule has 0 aliphatic carbocycles. The summed E-state index contributed by atoms with van der Waals surface area (Å²) in [4.78, 5) is 35.8. The number of benzene rings is 3. The zero-order valence-electron chi connectivity index (χ0n) is 23.3. The number of aromatic amines is 1. The number of halogens is 2. The second kappa shape index (κ2) is 12.9. The van der Waals surface area contributed by atoms with Gasteiger partial charge in [0.25, 0.3) is 0 Å². The van der Waals surface area contributed by atoms with Gasteiger partial charge < -0.3 is 19.9 Å². The van der Waals surface area contributed by atoms with E-state index in [0.717, 1.165) is 66.9 Å². The Kier molecular flexibility index (Phi) is 8.81. The number of amides is 2. The summed E-state index contributed by atoms with van der Waals surface area (Å²) in [5.74, 6) is -1.68. The Hall–Kier alpha value is -3.36. The summed E-state index contributed by atoms with van der Waals surface area (Å²) in [6.45, 7) is 5.04. The van der Waals surface area contributed by atoms with Crippen molar-refractivity contribution in [3.8, 4) is 0 Å². The van der Waals surface area contributed by atoms with Gasteiger partial charge in [-0.15, -0.1) is 0 Å². The number of nitrogens with zero attached hydrogens (tertiary/aromatic N) is 2. The SMILES string of the molecule is O=C(NCCCN1CCOCC1)[C@H]1C(=O)N(Cc2ccc(Cl)cc2)[C@@H](c2c[nH]c3cc(Cl)ccc23)C1c1ccccc1. The van der Waals surface area contributed by atoms with Gasteiger partial charge in [-0.2, -0.15) is 0 Å². The summed E-state index contributed by atoms with van der Waals surface area (Å²) < 4.78 is 5.44. The minimum atomic E-state index is -0.870. The van der Waals surface area contributed by atoms with Gasteiger partial charge in [0, 0.05) is 64.8 Å². The van der Waals surface area contributed by atoms with Crippen molar-refractivity contribution in [1.82, 2.24) is 20.1 Å². The van der Waals surface area contributed by atoms with Crippen LogP contribution in [0.3, 0.4) is 0 Å². The van der Waals surface area contributed by atoms with E-state index in [-0.39, 0.29) is 23.8 Å². The molecular weight excluding hydrogens is 571 g/mol. The van der Waals surface area contributed by atoms with E-state index in [4.69, 9.17) is 27.9 Å². The summed E-state index contributed by atoms with van der Waals surface area (Å²) in [6.07, 6.45) is 2.76. The number of fused-ring (bicyclic) bond motifs is 1. The first-order chi connectivity index (χ1) is 20.5. The summed E-state index contributed by atoms with van der Waals surface area (Å²) in [6, 6.07) is 22.8. The molecule has 2 N–H and O–H groups in total. The highest BCUT2D eigenvalue weighted by atomic mass is 35.5. The van der Waals surface area contributed by atoms with Gasteiger partial charge in [-0.05, 0) is 48.4 Å². The lowest BCUT2D eigenvalue weighted by atomic mass is 9.80. The van der Waals surface area contributed by atoms with Crippen LogP contribution in [-0.2, 0) is 20.9 Å². The van der Waals surface area contributed by atoms with E-state index in [1.54, 1.807) is 0 Å². The van der Waals surface area contributed by atoms with Crippen molar-refractivity contribution in [2.45, 2.75) is 24.9 Å². The zero-order chi connectivity index (χ0) is 29.1. The maximum atomic E-state index is 14.4. The number of carbonyl (C=O) groups is 2. The number of hydrogen-bond acceptors (Lipinski definition) is 4. The molecule has 1 aromatic heterocycles. The Bertz CT molecular complexity index is 1540. The lowest BCUT2D eigenvalue weighted by Gasteiger charge is -2.29. The van der Waals surface area contributed by atoms with Crippen LogP contribution in [0.25, 0.3) is 10.9 Å². The van der Waals surface area contributed by atoms with Crippen LogP contribution in [0, 0.1) is 5.92 Å². The van der Waals surface area contributed by atoms with Crippen LogP contribution in [0.2, 0.25) is 10.0 Å². The normalized spacial score (nSPS) is 21.2. The van der Waals surface area contributed by atoms with Gasteiger partial charge in [0.1, 0.15) is 5.92 Å². The average molecular weight is 606 g/mol. The minimum Gasteiger partial charge on any atom is -0.379 e. The average Bonchev–Trinajstić information content (AvgIpc) is 3.55. The van der Waals surface area contributed by atoms with Crippen LogP contribution in [0.15, 0.2) is 79.0 Å². The predicted octanol–water partition coefficient (Wildman–Crippen LogP) is 5.80. The number of nitrogens with one attached hydrogen (secondary N) is 2. The highest BCUT2D eigenvalue weighted by molar-refractivity contribution is 6.31. The molecule has 3 aromatic carbocycles. The van der Waals surface area contributed by atoms with E-state index in [2.05, 4.69) is 15.2 Å². The molecule has 1 unspecified atom stereocenters. The van der Waals surface area contributed by atoms with E-state index in [1.807, 2.05) is 83.9 Å². The van der Waals surface area contributed by atoms with E-state index in [9.17, 15) is 9.59 Å². The number of H-pyrrole nitrogens is 1. The quantitative estimate of drug-likeness (QED) is 0.187. The number of likely N-dealkylation sites (tertiary alicyclic amines) is 1. The molecule has 218 valence electrons.